The highest BCUT2D eigenvalue weighted by Gasteiger charge is 2.09. The molecule has 108 valence electrons. The summed E-state index contributed by atoms with van der Waals surface area (Å²) >= 11 is 1.45. The van der Waals surface area contributed by atoms with Gasteiger partial charge in [-0.25, -0.2) is 9.97 Å². The molecular formula is C15H16N4OS. The quantitative estimate of drug-likeness (QED) is 0.772. The Balaban J connectivity index is 1.89. The van der Waals surface area contributed by atoms with E-state index in [0.717, 1.165) is 21.2 Å². The van der Waals surface area contributed by atoms with Crippen LogP contribution in [0.1, 0.15) is 12.5 Å². The number of rotatable bonds is 4. The predicted octanol–water partition coefficient (Wildman–Crippen LogP) is 3.40. The molecule has 0 saturated heterocycles. The second-order valence-corrected chi connectivity index (χ2v) is 5.65. The Morgan fingerprint density at radius 1 is 1.24 bits per heavy atom. The number of imidazole rings is 1. The molecule has 6 heteroatoms. The number of hydrogen-bond donors (Lipinski definition) is 2. The van der Waals surface area contributed by atoms with Crippen molar-refractivity contribution in [3.05, 3.63) is 35.9 Å². The van der Waals surface area contributed by atoms with E-state index in [9.17, 15) is 0 Å². The molecule has 0 unspecified atom stereocenters. The average molecular weight is 300 g/mol. The maximum atomic E-state index is 5.83. The van der Waals surface area contributed by atoms with Crippen LogP contribution in [0.2, 0.25) is 0 Å². The van der Waals surface area contributed by atoms with E-state index in [-0.39, 0.29) is 0 Å². The number of aromatic nitrogens is 3. The Kier molecular flexibility index (Phi) is 3.70. The van der Waals surface area contributed by atoms with Crippen molar-refractivity contribution < 1.29 is 4.74 Å². The molecule has 0 amide bonds. The predicted molar refractivity (Wildman–Crippen MR) is 84.8 cm³/mol. The zero-order valence-electron chi connectivity index (χ0n) is 11.9. The highest BCUT2D eigenvalue weighted by molar-refractivity contribution is 7.99. The molecule has 0 aliphatic carbocycles. The van der Waals surface area contributed by atoms with Gasteiger partial charge in [-0.05, 0) is 55.4 Å². The van der Waals surface area contributed by atoms with E-state index in [2.05, 4.69) is 27.9 Å². The fourth-order valence-electron chi connectivity index (χ4n) is 1.99. The third-order valence-electron chi connectivity index (χ3n) is 2.96. The van der Waals surface area contributed by atoms with Crippen molar-refractivity contribution in [1.82, 2.24) is 15.0 Å². The van der Waals surface area contributed by atoms with Crippen LogP contribution in [0.4, 0.5) is 5.69 Å². The lowest BCUT2D eigenvalue weighted by atomic mass is 10.2. The van der Waals surface area contributed by atoms with Crippen LogP contribution < -0.4 is 10.5 Å². The van der Waals surface area contributed by atoms with E-state index in [1.807, 2.05) is 25.1 Å². The number of aryl methyl sites for hydroxylation is 1. The molecule has 21 heavy (non-hydrogen) atoms. The fourth-order valence-corrected chi connectivity index (χ4v) is 2.76. The third kappa shape index (κ3) is 2.95. The molecule has 0 atom stereocenters. The Morgan fingerprint density at radius 2 is 2.10 bits per heavy atom. The van der Waals surface area contributed by atoms with Crippen molar-refractivity contribution in [2.75, 3.05) is 12.3 Å². The Labute approximate surface area is 126 Å². The van der Waals surface area contributed by atoms with E-state index >= 15 is 0 Å². The number of aromatic amines is 1. The van der Waals surface area contributed by atoms with Gasteiger partial charge in [0.2, 0.25) is 5.88 Å². The van der Waals surface area contributed by atoms with Crippen LogP contribution in [-0.2, 0) is 0 Å². The maximum Gasteiger partial charge on any atom is 0.238 e. The second kappa shape index (κ2) is 5.65. The monoisotopic (exact) mass is 300 g/mol. The summed E-state index contributed by atoms with van der Waals surface area (Å²) in [5, 5.41) is 1.60. The number of anilines is 1. The normalized spacial score (nSPS) is 11.0. The van der Waals surface area contributed by atoms with E-state index in [1.54, 1.807) is 6.07 Å². The number of nitrogen functional groups attached to an aromatic ring is 1. The molecule has 0 aliphatic rings. The first-order valence-electron chi connectivity index (χ1n) is 6.69. The first kappa shape index (κ1) is 13.8. The molecule has 0 saturated carbocycles. The summed E-state index contributed by atoms with van der Waals surface area (Å²) in [7, 11) is 0. The molecule has 0 spiro atoms. The molecule has 0 radical (unpaired) electrons. The van der Waals surface area contributed by atoms with Crippen molar-refractivity contribution in [3.63, 3.8) is 0 Å². The number of ether oxygens (including phenoxy) is 1. The number of hydrogen-bond acceptors (Lipinski definition) is 5. The first-order chi connectivity index (χ1) is 10.2. The van der Waals surface area contributed by atoms with Crippen molar-refractivity contribution in [2.45, 2.75) is 24.0 Å². The van der Waals surface area contributed by atoms with Crippen LogP contribution in [0.3, 0.4) is 0 Å². The SMILES string of the molecule is CCOc1nc(Sc2nc3ccc(C)cc3[nH]2)ccc1N. The van der Waals surface area contributed by atoms with Crippen molar-refractivity contribution in [3.8, 4) is 5.88 Å². The molecule has 3 aromatic rings. The van der Waals surface area contributed by atoms with Crippen molar-refractivity contribution >= 4 is 28.5 Å². The lowest BCUT2D eigenvalue weighted by Gasteiger charge is -2.06. The van der Waals surface area contributed by atoms with Gasteiger partial charge >= 0.3 is 0 Å². The Morgan fingerprint density at radius 3 is 2.90 bits per heavy atom. The van der Waals surface area contributed by atoms with E-state index in [1.165, 1.54) is 17.3 Å². The molecule has 0 bridgehead atoms. The van der Waals surface area contributed by atoms with Gasteiger partial charge in [0.05, 0.1) is 23.3 Å². The second-order valence-electron chi connectivity index (χ2n) is 4.64. The molecule has 2 heterocycles. The van der Waals surface area contributed by atoms with Gasteiger partial charge in [-0.1, -0.05) is 6.07 Å². The van der Waals surface area contributed by atoms with Gasteiger partial charge in [-0.3, -0.25) is 0 Å². The third-order valence-corrected chi connectivity index (χ3v) is 3.79. The number of nitrogens with zero attached hydrogens (tertiary/aromatic N) is 2. The summed E-state index contributed by atoms with van der Waals surface area (Å²) < 4.78 is 5.41. The summed E-state index contributed by atoms with van der Waals surface area (Å²) in [4.78, 5) is 12.2. The zero-order chi connectivity index (χ0) is 14.8. The minimum absolute atomic E-state index is 0.467. The number of pyridine rings is 1. The number of H-pyrrole nitrogens is 1. The average Bonchev–Trinajstić information content (AvgIpc) is 2.84. The van der Waals surface area contributed by atoms with Gasteiger partial charge in [0.15, 0.2) is 5.16 Å². The number of benzene rings is 1. The van der Waals surface area contributed by atoms with Crippen LogP contribution >= 0.6 is 11.8 Å². The number of nitrogens with one attached hydrogen (secondary N) is 1. The topological polar surface area (TPSA) is 76.8 Å². The molecule has 0 fully saturated rings. The molecular weight excluding hydrogens is 284 g/mol. The van der Waals surface area contributed by atoms with E-state index in [4.69, 9.17) is 10.5 Å². The summed E-state index contributed by atoms with van der Waals surface area (Å²) in [6.07, 6.45) is 0. The minimum Gasteiger partial charge on any atom is -0.476 e. The summed E-state index contributed by atoms with van der Waals surface area (Å²) in [6, 6.07) is 9.79. The van der Waals surface area contributed by atoms with Crippen LogP contribution in [0.5, 0.6) is 5.88 Å². The summed E-state index contributed by atoms with van der Waals surface area (Å²) in [5.41, 5.74) is 9.54. The standard InChI is InChI=1S/C15H16N4OS/c1-3-20-14-10(16)5-7-13(19-14)21-15-17-11-6-4-9(2)8-12(11)18-15/h4-8H,3,16H2,1-2H3,(H,17,18). The van der Waals surface area contributed by atoms with Gasteiger partial charge in [0, 0.05) is 0 Å². The summed E-state index contributed by atoms with van der Waals surface area (Å²) in [5.74, 6) is 0.467. The summed E-state index contributed by atoms with van der Waals surface area (Å²) in [6.45, 7) is 4.50. The minimum atomic E-state index is 0.467. The van der Waals surface area contributed by atoms with Crippen LogP contribution in [0, 0.1) is 6.92 Å². The molecule has 3 rings (SSSR count). The lowest BCUT2D eigenvalue weighted by Crippen LogP contribution is -1.99. The highest BCUT2D eigenvalue weighted by atomic mass is 32.2. The van der Waals surface area contributed by atoms with Gasteiger partial charge in [-0.15, -0.1) is 0 Å². The first-order valence-corrected chi connectivity index (χ1v) is 7.51. The van der Waals surface area contributed by atoms with Gasteiger partial charge in [0.25, 0.3) is 0 Å². The van der Waals surface area contributed by atoms with Crippen LogP contribution in [0.15, 0.2) is 40.5 Å². The van der Waals surface area contributed by atoms with E-state index < -0.39 is 0 Å². The van der Waals surface area contributed by atoms with E-state index in [0.29, 0.717) is 18.2 Å². The lowest BCUT2D eigenvalue weighted by molar-refractivity contribution is 0.326. The zero-order valence-corrected chi connectivity index (χ0v) is 12.7. The highest BCUT2D eigenvalue weighted by Crippen LogP contribution is 2.29. The van der Waals surface area contributed by atoms with Crippen molar-refractivity contribution in [1.29, 1.82) is 0 Å². The van der Waals surface area contributed by atoms with Crippen LogP contribution in [0.25, 0.3) is 11.0 Å². The maximum absolute atomic E-state index is 5.83. The number of nitrogens with two attached hydrogens (primary N) is 1. The fraction of sp³-hybridized carbons (Fsp3) is 0.200. The molecule has 0 aliphatic heterocycles. The van der Waals surface area contributed by atoms with Gasteiger partial charge in [0.1, 0.15) is 5.03 Å². The van der Waals surface area contributed by atoms with Gasteiger partial charge < -0.3 is 15.5 Å². The smallest absolute Gasteiger partial charge is 0.238 e. The molecule has 5 nitrogen and oxygen atoms in total. The van der Waals surface area contributed by atoms with Gasteiger partial charge in [-0.2, -0.15) is 0 Å². The molecule has 1 aromatic carbocycles. The number of fused-ring (bicyclic) bond motifs is 1. The Hall–Kier alpha value is -2.21. The molecule has 3 N–H and O–H groups in total. The largest absolute Gasteiger partial charge is 0.476 e. The Bertz CT molecular complexity index is 784. The molecule has 2 aromatic heterocycles. The van der Waals surface area contributed by atoms with Crippen molar-refractivity contribution in [2.24, 2.45) is 0 Å². The van der Waals surface area contributed by atoms with Crippen LogP contribution in [-0.4, -0.2) is 21.6 Å².